The predicted octanol–water partition coefficient (Wildman–Crippen LogP) is 7.21. The van der Waals surface area contributed by atoms with Gasteiger partial charge < -0.3 is 10.4 Å². The second-order valence-electron chi connectivity index (χ2n) is 7.88. The van der Waals surface area contributed by atoms with Crippen LogP contribution in [0.5, 0.6) is 0 Å². The summed E-state index contributed by atoms with van der Waals surface area (Å²) in [4.78, 5) is 0. The fraction of sp³-hybridized carbons (Fsp3) is 0.280. The van der Waals surface area contributed by atoms with Gasteiger partial charge in [0, 0.05) is 23.2 Å². The molecule has 0 aliphatic rings. The highest BCUT2D eigenvalue weighted by atomic mass is 35.5. The Balaban J connectivity index is 1.93. The molecule has 0 saturated heterocycles. The molecule has 31 heavy (non-hydrogen) atoms. The number of aliphatic hydroxyl groups excluding tert-OH is 1. The van der Waals surface area contributed by atoms with Gasteiger partial charge >= 0.3 is 6.18 Å². The van der Waals surface area contributed by atoms with Crippen molar-refractivity contribution in [3.05, 3.63) is 99.1 Å². The van der Waals surface area contributed by atoms with Gasteiger partial charge in [-0.15, -0.1) is 0 Å². The lowest BCUT2D eigenvalue weighted by atomic mass is 9.88. The summed E-state index contributed by atoms with van der Waals surface area (Å²) in [5, 5.41) is 15.1. The summed E-state index contributed by atoms with van der Waals surface area (Å²) in [6.07, 6.45) is -5.33. The van der Waals surface area contributed by atoms with Crippen molar-refractivity contribution in [2.45, 2.75) is 39.0 Å². The fourth-order valence-corrected chi connectivity index (χ4v) is 4.02. The van der Waals surface area contributed by atoms with Gasteiger partial charge in [0.05, 0.1) is 11.7 Å². The second kappa shape index (κ2) is 9.33. The van der Waals surface area contributed by atoms with Crippen LogP contribution in [0.2, 0.25) is 5.02 Å². The minimum absolute atomic E-state index is 0.347. The number of alkyl halides is 3. The van der Waals surface area contributed by atoms with Crippen LogP contribution in [0.4, 0.5) is 18.9 Å². The summed E-state index contributed by atoms with van der Waals surface area (Å²) in [7, 11) is 0. The van der Waals surface area contributed by atoms with Gasteiger partial charge in [0.25, 0.3) is 0 Å². The van der Waals surface area contributed by atoms with Crippen LogP contribution in [0.1, 0.15) is 45.4 Å². The van der Waals surface area contributed by atoms with Gasteiger partial charge in [0.15, 0.2) is 0 Å². The minimum Gasteiger partial charge on any atom is -0.388 e. The van der Waals surface area contributed by atoms with Crippen molar-refractivity contribution in [2.24, 2.45) is 0 Å². The van der Waals surface area contributed by atoms with Gasteiger partial charge in [-0.2, -0.15) is 13.2 Å². The van der Waals surface area contributed by atoms with Crippen molar-refractivity contribution in [2.75, 3.05) is 11.9 Å². The number of halogens is 4. The molecular formula is C25H25ClF3NO. The van der Waals surface area contributed by atoms with Crippen molar-refractivity contribution in [3.63, 3.8) is 0 Å². The van der Waals surface area contributed by atoms with Crippen molar-refractivity contribution in [1.82, 2.24) is 0 Å². The van der Waals surface area contributed by atoms with E-state index in [0.29, 0.717) is 22.7 Å². The van der Waals surface area contributed by atoms with E-state index in [-0.39, 0.29) is 0 Å². The normalized spacial score (nSPS) is 13.7. The van der Waals surface area contributed by atoms with Crippen LogP contribution in [-0.4, -0.2) is 11.7 Å². The monoisotopic (exact) mass is 447 g/mol. The van der Waals surface area contributed by atoms with Crippen molar-refractivity contribution >= 4 is 17.3 Å². The van der Waals surface area contributed by atoms with E-state index < -0.39 is 23.8 Å². The Kier molecular flexibility index (Phi) is 6.97. The summed E-state index contributed by atoms with van der Waals surface area (Å²) in [5.74, 6) is -0.469. The van der Waals surface area contributed by atoms with Crippen LogP contribution < -0.4 is 5.32 Å². The first-order chi connectivity index (χ1) is 14.6. The lowest BCUT2D eigenvalue weighted by molar-refractivity contribution is -0.137. The van der Waals surface area contributed by atoms with E-state index >= 15 is 0 Å². The molecule has 0 aliphatic heterocycles. The predicted molar refractivity (Wildman–Crippen MR) is 120 cm³/mol. The van der Waals surface area contributed by atoms with E-state index in [4.69, 9.17) is 11.6 Å². The third-order valence-corrected chi connectivity index (χ3v) is 5.69. The van der Waals surface area contributed by atoms with Gasteiger partial charge in [-0.3, -0.25) is 0 Å². The SMILES string of the molecule is Cc1cc(C)c(NCC(c2ccc(C(F)(F)F)cc2)C(O)c2ccc(Cl)cc2)c(C)c1. The Morgan fingerprint density at radius 1 is 0.871 bits per heavy atom. The zero-order chi connectivity index (χ0) is 22.8. The summed E-state index contributed by atoms with van der Waals surface area (Å²) in [6, 6.07) is 15.9. The first-order valence-electron chi connectivity index (χ1n) is 9.98. The molecule has 0 heterocycles. The maximum absolute atomic E-state index is 13.0. The van der Waals surface area contributed by atoms with Crippen molar-refractivity contribution in [3.8, 4) is 0 Å². The van der Waals surface area contributed by atoms with Gasteiger partial charge in [-0.05, 0) is 67.3 Å². The first-order valence-corrected chi connectivity index (χ1v) is 10.4. The molecule has 0 bridgehead atoms. The highest BCUT2D eigenvalue weighted by Crippen LogP contribution is 2.35. The average Bonchev–Trinajstić information content (AvgIpc) is 2.69. The molecule has 0 aliphatic carbocycles. The highest BCUT2D eigenvalue weighted by molar-refractivity contribution is 6.30. The van der Waals surface area contributed by atoms with Crippen LogP contribution >= 0.6 is 11.6 Å². The molecule has 0 saturated carbocycles. The fourth-order valence-electron chi connectivity index (χ4n) is 3.89. The molecule has 0 amide bonds. The van der Waals surface area contributed by atoms with Gasteiger partial charge in [0.1, 0.15) is 0 Å². The van der Waals surface area contributed by atoms with Gasteiger partial charge in [-0.1, -0.05) is 53.6 Å². The highest BCUT2D eigenvalue weighted by Gasteiger charge is 2.31. The molecule has 2 unspecified atom stereocenters. The third kappa shape index (κ3) is 5.60. The largest absolute Gasteiger partial charge is 0.416 e. The first kappa shape index (κ1) is 23.2. The quantitative estimate of drug-likeness (QED) is 0.418. The molecule has 6 heteroatoms. The molecular weight excluding hydrogens is 423 g/mol. The van der Waals surface area contributed by atoms with Crippen LogP contribution in [0.15, 0.2) is 60.7 Å². The summed E-state index contributed by atoms with van der Waals surface area (Å²) < 4.78 is 39.0. The summed E-state index contributed by atoms with van der Waals surface area (Å²) in [5.41, 5.74) is 4.81. The number of rotatable bonds is 6. The molecule has 164 valence electrons. The maximum Gasteiger partial charge on any atom is 0.416 e. The lowest BCUT2D eigenvalue weighted by Crippen LogP contribution is -2.21. The van der Waals surface area contributed by atoms with E-state index in [0.717, 1.165) is 34.5 Å². The molecule has 0 spiro atoms. The Morgan fingerprint density at radius 2 is 1.39 bits per heavy atom. The molecule has 2 atom stereocenters. The summed E-state index contributed by atoms with van der Waals surface area (Å²) >= 11 is 5.96. The molecule has 3 aromatic carbocycles. The third-order valence-electron chi connectivity index (χ3n) is 5.43. The molecule has 3 rings (SSSR count). The van der Waals surface area contributed by atoms with E-state index in [1.165, 1.54) is 12.1 Å². The van der Waals surface area contributed by atoms with E-state index in [9.17, 15) is 18.3 Å². The Morgan fingerprint density at radius 3 is 1.90 bits per heavy atom. The summed E-state index contributed by atoms with van der Waals surface area (Å²) in [6.45, 7) is 6.38. The van der Waals surface area contributed by atoms with Gasteiger partial charge in [-0.25, -0.2) is 0 Å². The molecule has 2 nitrogen and oxygen atoms in total. The number of nitrogens with one attached hydrogen (secondary N) is 1. The van der Waals surface area contributed by atoms with Crippen LogP contribution in [0.25, 0.3) is 0 Å². The number of aliphatic hydroxyl groups is 1. The Hall–Kier alpha value is -2.50. The van der Waals surface area contributed by atoms with E-state index in [1.807, 2.05) is 20.8 Å². The molecule has 0 radical (unpaired) electrons. The lowest BCUT2D eigenvalue weighted by Gasteiger charge is -2.26. The Labute approximate surface area is 185 Å². The minimum atomic E-state index is -4.41. The number of anilines is 1. The molecule has 2 N–H and O–H groups in total. The Bertz CT molecular complexity index is 1010. The van der Waals surface area contributed by atoms with Gasteiger partial charge in [0.2, 0.25) is 0 Å². The molecule has 3 aromatic rings. The zero-order valence-corrected chi connectivity index (χ0v) is 18.4. The second-order valence-corrected chi connectivity index (χ2v) is 8.31. The topological polar surface area (TPSA) is 32.3 Å². The zero-order valence-electron chi connectivity index (χ0n) is 17.6. The number of hydrogen-bond acceptors (Lipinski definition) is 2. The van der Waals surface area contributed by atoms with Crippen molar-refractivity contribution < 1.29 is 18.3 Å². The molecule has 0 fully saturated rings. The van der Waals surface area contributed by atoms with Crippen LogP contribution in [-0.2, 0) is 6.18 Å². The average molecular weight is 448 g/mol. The van der Waals surface area contributed by atoms with Crippen LogP contribution in [0, 0.1) is 20.8 Å². The van der Waals surface area contributed by atoms with Crippen LogP contribution in [0.3, 0.4) is 0 Å². The number of benzene rings is 3. The molecule has 0 aromatic heterocycles. The number of hydrogen-bond donors (Lipinski definition) is 2. The van der Waals surface area contributed by atoms with E-state index in [1.54, 1.807) is 24.3 Å². The maximum atomic E-state index is 13.0. The smallest absolute Gasteiger partial charge is 0.388 e. The standard InChI is InChI=1S/C25H25ClF3NO/c1-15-12-16(2)23(17(3)13-15)30-14-22(24(31)19-6-10-21(26)11-7-19)18-4-8-20(9-5-18)25(27,28)29/h4-13,22,24,30-31H,14H2,1-3H3. The van der Waals surface area contributed by atoms with Crippen molar-refractivity contribution in [1.29, 1.82) is 0 Å². The van der Waals surface area contributed by atoms with E-state index in [2.05, 4.69) is 17.4 Å². The number of aryl methyl sites for hydroxylation is 3.